The Bertz CT molecular complexity index is 408. The molecule has 0 atom stereocenters. The van der Waals surface area contributed by atoms with Crippen molar-refractivity contribution in [2.75, 3.05) is 13.2 Å². The zero-order valence-electron chi connectivity index (χ0n) is 11.1. The van der Waals surface area contributed by atoms with Crippen molar-refractivity contribution in [3.63, 3.8) is 0 Å². The van der Waals surface area contributed by atoms with Crippen LogP contribution in [0, 0.1) is 0 Å². The molecule has 0 radical (unpaired) electrons. The highest BCUT2D eigenvalue weighted by atomic mass is 79.9. The SMILES string of the molecule is CC(C)(N)CNC(=O)CCOc1cccc(Br)c1.Cl. The molecule has 1 aromatic rings. The predicted molar refractivity (Wildman–Crippen MR) is 82.8 cm³/mol. The third-order valence-corrected chi connectivity index (χ3v) is 2.63. The number of benzene rings is 1. The van der Waals surface area contributed by atoms with E-state index in [9.17, 15) is 4.79 Å². The third-order valence-electron chi connectivity index (χ3n) is 2.14. The summed E-state index contributed by atoms with van der Waals surface area (Å²) in [6.07, 6.45) is 0.322. The second kappa shape index (κ2) is 8.40. The van der Waals surface area contributed by atoms with Crippen LogP contribution in [-0.2, 0) is 4.79 Å². The molecule has 0 fully saturated rings. The van der Waals surface area contributed by atoms with Gasteiger partial charge in [-0.2, -0.15) is 0 Å². The number of halogens is 2. The number of ether oxygens (including phenoxy) is 1. The molecule has 4 nitrogen and oxygen atoms in total. The first-order valence-electron chi connectivity index (χ1n) is 5.81. The Kier molecular flexibility index (Phi) is 8.06. The Morgan fingerprint density at radius 2 is 2.16 bits per heavy atom. The van der Waals surface area contributed by atoms with E-state index in [1.807, 2.05) is 38.1 Å². The summed E-state index contributed by atoms with van der Waals surface area (Å²) in [5.41, 5.74) is 5.38. The topological polar surface area (TPSA) is 64.3 Å². The summed E-state index contributed by atoms with van der Waals surface area (Å²) in [6.45, 7) is 4.55. The molecule has 108 valence electrons. The summed E-state index contributed by atoms with van der Waals surface area (Å²) in [6, 6.07) is 7.52. The average Bonchev–Trinajstić information content (AvgIpc) is 2.25. The minimum absolute atomic E-state index is 0. The summed E-state index contributed by atoms with van der Waals surface area (Å²) in [4.78, 5) is 11.5. The first-order chi connectivity index (χ1) is 8.37. The molecule has 3 N–H and O–H groups in total. The number of hydrogen-bond acceptors (Lipinski definition) is 3. The number of rotatable bonds is 6. The number of hydrogen-bond donors (Lipinski definition) is 2. The van der Waals surface area contributed by atoms with Crippen LogP contribution in [0.2, 0.25) is 0 Å². The molecule has 0 spiro atoms. The van der Waals surface area contributed by atoms with Gasteiger partial charge < -0.3 is 15.8 Å². The molecular weight excluding hydrogens is 332 g/mol. The maximum atomic E-state index is 11.5. The van der Waals surface area contributed by atoms with Crippen molar-refractivity contribution in [3.8, 4) is 5.75 Å². The second-order valence-corrected chi connectivity index (χ2v) is 5.74. The zero-order chi connectivity index (χ0) is 13.6. The van der Waals surface area contributed by atoms with Gasteiger partial charge >= 0.3 is 0 Å². The normalized spacial score (nSPS) is 10.5. The van der Waals surface area contributed by atoms with Crippen molar-refractivity contribution in [1.29, 1.82) is 0 Å². The summed E-state index contributed by atoms with van der Waals surface area (Å²) < 4.78 is 6.42. The summed E-state index contributed by atoms with van der Waals surface area (Å²) in [5, 5.41) is 2.77. The molecule has 0 saturated heterocycles. The van der Waals surface area contributed by atoms with Crippen molar-refractivity contribution in [2.45, 2.75) is 25.8 Å². The molecule has 0 aromatic heterocycles. The van der Waals surface area contributed by atoms with Crippen LogP contribution in [0.25, 0.3) is 0 Å². The highest BCUT2D eigenvalue weighted by Crippen LogP contribution is 2.17. The molecule has 0 aliphatic rings. The van der Waals surface area contributed by atoms with Crippen LogP contribution in [0.4, 0.5) is 0 Å². The first kappa shape index (κ1) is 18.2. The highest BCUT2D eigenvalue weighted by molar-refractivity contribution is 9.10. The molecule has 0 aliphatic heterocycles. The third kappa shape index (κ3) is 8.86. The van der Waals surface area contributed by atoms with Crippen LogP contribution >= 0.6 is 28.3 Å². The van der Waals surface area contributed by atoms with E-state index in [1.165, 1.54) is 0 Å². The average molecular weight is 352 g/mol. The lowest BCUT2D eigenvalue weighted by atomic mass is 10.1. The molecule has 0 heterocycles. The summed E-state index contributed by atoms with van der Waals surface area (Å²) in [5.74, 6) is 0.694. The maximum absolute atomic E-state index is 11.5. The van der Waals surface area contributed by atoms with Crippen LogP contribution in [0.3, 0.4) is 0 Å². The molecular formula is C13H20BrClN2O2. The van der Waals surface area contributed by atoms with Crippen LogP contribution in [0.15, 0.2) is 28.7 Å². The molecule has 1 amide bonds. The fourth-order valence-corrected chi connectivity index (χ4v) is 1.61. The minimum atomic E-state index is -0.388. The van der Waals surface area contributed by atoms with Gasteiger partial charge in [-0.3, -0.25) is 4.79 Å². The molecule has 0 aliphatic carbocycles. The molecule has 1 aromatic carbocycles. The number of amides is 1. The number of nitrogens with one attached hydrogen (secondary N) is 1. The van der Waals surface area contributed by atoms with E-state index < -0.39 is 0 Å². The van der Waals surface area contributed by atoms with Gasteiger partial charge in [0.2, 0.25) is 5.91 Å². The van der Waals surface area contributed by atoms with Crippen LogP contribution in [0.1, 0.15) is 20.3 Å². The highest BCUT2D eigenvalue weighted by Gasteiger charge is 2.11. The van der Waals surface area contributed by atoms with Crippen molar-refractivity contribution in [2.24, 2.45) is 5.73 Å². The van der Waals surface area contributed by atoms with E-state index in [0.717, 1.165) is 10.2 Å². The van der Waals surface area contributed by atoms with Gasteiger partial charge in [0.25, 0.3) is 0 Å². The number of carbonyl (C=O) groups excluding carboxylic acids is 1. The van der Waals surface area contributed by atoms with E-state index in [4.69, 9.17) is 10.5 Å². The van der Waals surface area contributed by atoms with E-state index in [2.05, 4.69) is 21.2 Å². The van der Waals surface area contributed by atoms with Gasteiger partial charge in [-0.05, 0) is 32.0 Å². The number of nitrogens with two attached hydrogens (primary N) is 1. The van der Waals surface area contributed by atoms with E-state index in [-0.39, 0.29) is 23.9 Å². The van der Waals surface area contributed by atoms with Crippen molar-refractivity contribution >= 4 is 34.2 Å². The Morgan fingerprint density at radius 3 is 2.74 bits per heavy atom. The lowest BCUT2D eigenvalue weighted by Crippen LogP contribution is -2.45. The van der Waals surface area contributed by atoms with Gasteiger partial charge in [-0.1, -0.05) is 22.0 Å². The fraction of sp³-hybridized carbons (Fsp3) is 0.462. The van der Waals surface area contributed by atoms with Crippen LogP contribution in [0.5, 0.6) is 5.75 Å². The fourth-order valence-electron chi connectivity index (χ4n) is 1.23. The lowest BCUT2D eigenvalue weighted by Gasteiger charge is -2.18. The molecule has 0 unspecified atom stereocenters. The zero-order valence-corrected chi connectivity index (χ0v) is 13.5. The molecule has 1 rings (SSSR count). The molecule has 6 heteroatoms. The van der Waals surface area contributed by atoms with E-state index >= 15 is 0 Å². The van der Waals surface area contributed by atoms with Crippen molar-refractivity contribution in [1.82, 2.24) is 5.32 Å². The minimum Gasteiger partial charge on any atom is -0.493 e. The van der Waals surface area contributed by atoms with E-state index in [1.54, 1.807) is 0 Å². The quantitative estimate of drug-likeness (QED) is 0.827. The first-order valence-corrected chi connectivity index (χ1v) is 6.60. The Balaban J connectivity index is 0.00000324. The van der Waals surface area contributed by atoms with Crippen molar-refractivity contribution in [3.05, 3.63) is 28.7 Å². The predicted octanol–water partition coefficient (Wildman–Crippen LogP) is 2.49. The standard InChI is InChI=1S/C13H19BrN2O2.ClH/c1-13(2,15)9-16-12(17)6-7-18-11-5-3-4-10(14)8-11;/h3-5,8H,6-7,9,15H2,1-2H3,(H,16,17);1H. The molecule has 0 saturated carbocycles. The Hall–Kier alpha value is -0.780. The monoisotopic (exact) mass is 350 g/mol. The van der Waals surface area contributed by atoms with Gasteiger partial charge in [0.15, 0.2) is 0 Å². The summed E-state index contributed by atoms with van der Waals surface area (Å²) in [7, 11) is 0. The Labute approximate surface area is 128 Å². The van der Waals surface area contributed by atoms with Gasteiger partial charge in [0, 0.05) is 16.6 Å². The van der Waals surface area contributed by atoms with Gasteiger partial charge in [0.1, 0.15) is 5.75 Å². The van der Waals surface area contributed by atoms with Gasteiger partial charge in [-0.15, -0.1) is 12.4 Å². The number of carbonyl (C=O) groups is 1. The molecule has 19 heavy (non-hydrogen) atoms. The van der Waals surface area contributed by atoms with Crippen molar-refractivity contribution < 1.29 is 9.53 Å². The maximum Gasteiger partial charge on any atom is 0.223 e. The van der Waals surface area contributed by atoms with Crippen LogP contribution < -0.4 is 15.8 Å². The molecule has 0 bridgehead atoms. The largest absolute Gasteiger partial charge is 0.493 e. The van der Waals surface area contributed by atoms with Crippen LogP contribution in [-0.4, -0.2) is 24.6 Å². The van der Waals surface area contributed by atoms with E-state index in [0.29, 0.717) is 19.6 Å². The summed E-state index contributed by atoms with van der Waals surface area (Å²) >= 11 is 3.36. The Morgan fingerprint density at radius 1 is 1.47 bits per heavy atom. The van der Waals surface area contributed by atoms with Gasteiger partial charge in [0.05, 0.1) is 13.0 Å². The lowest BCUT2D eigenvalue weighted by molar-refractivity contribution is -0.121. The smallest absolute Gasteiger partial charge is 0.223 e. The second-order valence-electron chi connectivity index (χ2n) is 4.82. The van der Waals surface area contributed by atoms with Gasteiger partial charge in [-0.25, -0.2) is 0 Å².